The molecule has 2 aromatic rings. The normalized spacial score (nSPS) is 15.6. The van der Waals surface area contributed by atoms with Gasteiger partial charge in [0.1, 0.15) is 18.1 Å². The number of nitrogens with one attached hydrogen (secondary N) is 3. The van der Waals surface area contributed by atoms with E-state index < -0.39 is 41.8 Å². The lowest BCUT2D eigenvalue weighted by atomic mass is 9.84. The second-order valence-corrected chi connectivity index (χ2v) is 10.8. The minimum atomic E-state index is -1.03. The Balaban J connectivity index is 1.75. The molecule has 14 heteroatoms. The summed E-state index contributed by atoms with van der Waals surface area (Å²) in [5.41, 5.74) is 17.4. The van der Waals surface area contributed by atoms with Crippen LogP contribution in [-0.4, -0.2) is 63.8 Å². The average Bonchev–Trinajstić information content (AvgIpc) is 3.50. The molecular weight excluding hydrogens is 546 g/mol. The zero-order valence-electron chi connectivity index (χ0n) is 23.0. The van der Waals surface area contributed by atoms with E-state index in [1.165, 1.54) is 5.38 Å². The molecule has 1 saturated carbocycles. The third-order valence-corrected chi connectivity index (χ3v) is 7.53. The van der Waals surface area contributed by atoms with Crippen LogP contribution in [0.4, 0.5) is 0 Å². The first-order valence-corrected chi connectivity index (χ1v) is 14.6. The van der Waals surface area contributed by atoms with Crippen LogP contribution >= 0.6 is 11.5 Å². The lowest BCUT2D eigenvalue weighted by molar-refractivity contribution is -0.132. The molecule has 1 aromatic heterocycles. The molecule has 0 aliphatic heterocycles. The van der Waals surface area contributed by atoms with Gasteiger partial charge in [-0.2, -0.15) is 0 Å². The first kappa shape index (κ1) is 31.5. The van der Waals surface area contributed by atoms with Crippen molar-refractivity contribution in [1.82, 2.24) is 25.5 Å². The van der Waals surface area contributed by atoms with Gasteiger partial charge in [0.2, 0.25) is 17.7 Å². The Bertz CT molecular complexity index is 1170. The Hall–Kier alpha value is -4.07. The maximum atomic E-state index is 13.6. The number of amides is 4. The molecule has 41 heavy (non-hydrogen) atoms. The van der Waals surface area contributed by atoms with Gasteiger partial charge in [-0.15, -0.1) is 5.10 Å². The third kappa shape index (κ3) is 10.8. The molecule has 1 aromatic carbocycles. The number of nitrogens with two attached hydrogens (primary N) is 3. The van der Waals surface area contributed by atoms with Crippen molar-refractivity contribution in [3.63, 3.8) is 0 Å². The van der Waals surface area contributed by atoms with Crippen LogP contribution in [-0.2, 0) is 20.8 Å². The number of guanidine groups is 1. The summed E-state index contributed by atoms with van der Waals surface area (Å²) >= 11 is 1.03. The van der Waals surface area contributed by atoms with Crippen LogP contribution in [0.15, 0.2) is 40.7 Å². The molecule has 0 bridgehead atoms. The van der Waals surface area contributed by atoms with Gasteiger partial charge in [0.05, 0.1) is 0 Å². The van der Waals surface area contributed by atoms with E-state index in [2.05, 4.69) is 30.5 Å². The number of aliphatic imine (C=N–C) groups is 1. The summed E-state index contributed by atoms with van der Waals surface area (Å²) in [6.07, 6.45) is 6.37. The Kier molecular flexibility index (Phi) is 12.5. The van der Waals surface area contributed by atoms with Crippen LogP contribution in [0.2, 0.25) is 0 Å². The number of hydrogen-bond acceptors (Lipinski definition) is 8. The second-order valence-electron chi connectivity index (χ2n) is 10.2. The van der Waals surface area contributed by atoms with Crippen molar-refractivity contribution in [3.8, 4) is 0 Å². The van der Waals surface area contributed by atoms with Gasteiger partial charge in [-0.05, 0) is 42.3 Å². The number of primary amides is 1. The van der Waals surface area contributed by atoms with Gasteiger partial charge in [-0.3, -0.25) is 24.2 Å². The van der Waals surface area contributed by atoms with Crippen LogP contribution < -0.4 is 33.2 Å². The highest BCUT2D eigenvalue weighted by atomic mass is 32.1. The summed E-state index contributed by atoms with van der Waals surface area (Å²) < 4.78 is 3.72. The fraction of sp³-hybridized carbons (Fsp3) is 0.519. The van der Waals surface area contributed by atoms with Crippen LogP contribution in [0.25, 0.3) is 0 Å². The van der Waals surface area contributed by atoms with Gasteiger partial charge >= 0.3 is 0 Å². The molecular formula is C27H39N9O4S. The number of carbonyl (C=O) groups is 4. The SMILES string of the molecule is NC(=O)[C@H](Cc1ccccc1)NC(=O)[C@H](CCCN=C(N)N)NC(=O)[C@H](CC1CCCCC1)NC(=O)c1csnn1. The van der Waals surface area contributed by atoms with Crippen molar-refractivity contribution < 1.29 is 19.2 Å². The number of hydrogen-bond donors (Lipinski definition) is 6. The van der Waals surface area contributed by atoms with E-state index in [0.29, 0.717) is 12.8 Å². The Morgan fingerprint density at radius 1 is 0.927 bits per heavy atom. The fourth-order valence-corrected chi connectivity index (χ4v) is 5.31. The number of nitrogens with zero attached hydrogens (tertiary/aromatic N) is 3. The summed E-state index contributed by atoms with van der Waals surface area (Å²) in [5.74, 6) is -2.12. The lowest BCUT2D eigenvalue weighted by Crippen LogP contribution is -2.57. The molecule has 0 spiro atoms. The largest absolute Gasteiger partial charge is 0.370 e. The standard InChI is InChI=1S/C27H39N9O4S/c28-23(37)20(14-17-8-3-1-4-9-17)33-24(38)19(12-7-13-31-27(29)30)32-25(39)21(15-18-10-5-2-6-11-18)34-26(40)22-16-41-36-35-22/h1,3-4,8-9,16,18-21H,2,5-7,10-15H2,(H2,28,37)(H,32,39)(H,33,38)(H,34,40)(H4,29,30,31)/t19-,20-,21-/m0/s1. The van der Waals surface area contributed by atoms with Crippen molar-refractivity contribution in [2.45, 2.75) is 75.9 Å². The van der Waals surface area contributed by atoms with E-state index in [1.807, 2.05) is 30.3 Å². The first-order chi connectivity index (χ1) is 19.7. The van der Waals surface area contributed by atoms with E-state index in [1.54, 1.807) is 0 Å². The highest BCUT2D eigenvalue weighted by Gasteiger charge is 2.31. The van der Waals surface area contributed by atoms with Crippen LogP contribution in [0.1, 0.15) is 67.4 Å². The minimum Gasteiger partial charge on any atom is -0.370 e. The Morgan fingerprint density at radius 2 is 1.61 bits per heavy atom. The molecule has 4 amide bonds. The van der Waals surface area contributed by atoms with Crippen LogP contribution in [0.3, 0.4) is 0 Å². The maximum absolute atomic E-state index is 13.6. The predicted molar refractivity (Wildman–Crippen MR) is 155 cm³/mol. The monoisotopic (exact) mass is 585 g/mol. The minimum absolute atomic E-state index is 0.0847. The number of benzene rings is 1. The molecule has 0 saturated heterocycles. The number of rotatable bonds is 15. The van der Waals surface area contributed by atoms with Crippen LogP contribution in [0.5, 0.6) is 0 Å². The highest BCUT2D eigenvalue weighted by Crippen LogP contribution is 2.27. The highest BCUT2D eigenvalue weighted by molar-refractivity contribution is 7.03. The summed E-state index contributed by atoms with van der Waals surface area (Å²) in [6.45, 7) is 0.240. The first-order valence-electron chi connectivity index (χ1n) is 13.8. The summed E-state index contributed by atoms with van der Waals surface area (Å²) in [5, 5.41) is 13.6. The Morgan fingerprint density at radius 3 is 2.24 bits per heavy atom. The molecule has 1 aliphatic rings. The molecule has 9 N–H and O–H groups in total. The van der Waals surface area contributed by atoms with Gasteiger partial charge in [0.15, 0.2) is 11.7 Å². The number of carbonyl (C=O) groups excluding carboxylic acids is 4. The zero-order valence-corrected chi connectivity index (χ0v) is 23.8. The van der Waals surface area contributed by atoms with Crippen molar-refractivity contribution in [2.75, 3.05) is 6.54 Å². The van der Waals surface area contributed by atoms with E-state index in [4.69, 9.17) is 17.2 Å². The zero-order chi connectivity index (χ0) is 29.6. The molecule has 1 fully saturated rings. The molecule has 13 nitrogen and oxygen atoms in total. The molecule has 222 valence electrons. The van der Waals surface area contributed by atoms with E-state index in [-0.39, 0.29) is 37.0 Å². The Labute approximate surface area is 243 Å². The molecule has 3 rings (SSSR count). The number of aromatic nitrogens is 2. The van der Waals surface area contributed by atoms with Gasteiger partial charge in [0.25, 0.3) is 5.91 Å². The topological polar surface area (TPSA) is 221 Å². The lowest BCUT2D eigenvalue weighted by Gasteiger charge is -2.28. The van der Waals surface area contributed by atoms with Crippen molar-refractivity contribution >= 4 is 41.1 Å². The summed E-state index contributed by atoms with van der Waals surface area (Å²) in [7, 11) is 0. The summed E-state index contributed by atoms with van der Waals surface area (Å²) in [4.78, 5) is 55.9. The van der Waals surface area contributed by atoms with Crippen molar-refractivity contribution in [2.24, 2.45) is 28.1 Å². The van der Waals surface area contributed by atoms with Gasteiger partial charge in [-0.1, -0.05) is 66.9 Å². The van der Waals surface area contributed by atoms with Gasteiger partial charge < -0.3 is 33.2 Å². The van der Waals surface area contributed by atoms with Crippen molar-refractivity contribution in [1.29, 1.82) is 0 Å². The van der Waals surface area contributed by atoms with Crippen molar-refractivity contribution in [3.05, 3.63) is 47.0 Å². The molecule has 1 heterocycles. The molecule has 0 unspecified atom stereocenters. The quantitative estimate of drug-likeness (QED) is 0.0970. The average molecular weight is 586 g/mol. The summed E-state index contributed by atoms with van der Waals surface area (Å²) in [6, 6.07) is 6.24. The predicted octanol–water partition coefficient (Wildman–Crippen LogP) is 0.358. The van der Waals surface area contributed by atoms with Gasteiger partial charge in [-0.25, -0.2) is 0 Å². The smallest absolute Gasteiger partial charge is 0.273 e. The van der Waals surface area contributed by atoms with Gasteiger partial charge in [0, 0.05) is 18.3 Å². The van der Waals surface area contributed by atoms with Crippen LogP contribution in [0, 0.1) is 5.92 Å². The molecule has 3 atom stereocenters. The van der Waals surface area contributed by atoms with E-state index >= 15 is 0 Å². The third-order valence-electron chi connectivity index (χ3n) is 7.03. The fourth-order valence-electron chi connectivity index (χ4n) is 4.87. The molecule has 1 aliphatic carbocycles. The maximum Gasteiger partial charge on any atom is 0.273 e. The van der Waals surface area contributed by atoms with E-state index in [9.17, 15) is 19.2 Å². The molecule has 0 radical (unpaired) electrons. The second kappa shape index (κ2) is 16.3. The van der Waals surface area contributed by atoms with E-state index in [0.717, 1.165) is 49.2 Å².